The molecule has 0 radical (unpaired) electrons. The summed E-state index contributed by atoms with van der Waals surface area (Å²) in [7, 11) is 0. The lowest BCUT2D eigenvalue weighted by molar-refractivity contribution is 0.0725. The highest BCUT2D eigenvalue weighted by atomic mass is 19.2. The van der Waals surface area contributed by atoms with Gasteiger partial charge in [0.05, 0.1) is 12.1 Å². The first kappa shape index (κ1) is 17.3. The predicted molar refractivity (Wildman–Crippen MR) is 86.7 cm³/mol. The molecule has 0 N–H and O–H groups in total. The normalized spacial score (nSPS) is 13.6. The number of hydrogen-bond donors (Lipinski definition) is 0. The number of aromatic nitrogens is 1. The highest BCUT2D eigenvalue weighted by Gasteiger charge is 2.30. The summed E-state index contributed by atoms with van der Waals surface area (Å²) in [6.45, 7) is 0.261. The maximum atomic E-state index is 13.9. The van der Waals surface area contributed by atoms with Crippen LogP contribution in [0.2, 0.25) is 0 Å². The lowest BCUT2D eigenvalue weighted by Gasteiger charge is -2.26. The fourth-order valence-corrected chi connectivity index (χ4v) is 3.09. The molecular formula is C19H12F4N2O2. The number of benzene rings is 2. The molecule has 1 aliphatic rings. The highest BCUT2D eigenvalue weighted by molar-refractivity contribution is 5.94. The maximum Gasteiger partial charge on any atom is 0.257 e. The third kappa shape index (κ3) is 2.97. The summed E-state index contributed by atoms with van der Waals surface area (Å²) >= 11 is 0. The van der Waals surface area contributed by atoms with Crippen LogP contribution in [0.3, 0.4) is 0 Å². The third-order valence-electron chi connectivity index (χ3n) is 4.50. The molecule has 2 heterocycles. The molecule has 0 bridgehead atoms. The Hall–Kier alpha value is -3.16. The average molecular weight is 376 g/mol. The van der Waals surface area contributed by atoms with Gasteiger partial charge in [-0.25, -0.2) is 17.6 Å². The SMILES string of the molecule is O=C(c1ccc(F)c(F)c1F)N1CCc2c(noc2-c2ccc(F)cc2)C1. The average Bonchev–Trinajstić information content (AvgIpc) is 3.09. The fraction of sp³-hybridized carbons (Fsp3) is 0.158. The van der Waals surface area contributed by atoms with E-state index < -0.39 is 28.9 Å². The van der Waals surface area contributed by atoms with Crippen LogP contribution in [0.25, 0.3) is 11.3 Å². The topological polar surface area (TPSA) is 46.3 Å². The van der Waals surface area contributed by atoms with Gasteiger partial charge in [0.25, 0.3) is 5.91 Å². The Morgan fingerprint density at radius 2 is 1.74 bits per heavy atom. The molecule has 1 amide bonds. The zero-order valence-electron chi connectivity index (χ0n) is 13.8. The van der Waals surface area contributed by atoms with E-state index in [1.165, 1.54) is 17.0 Å². The summed E-state index contributed by atoms with van der Waals surface area (Å²) in [4.78, 5) is 13.8. The monoisotopic (exact) mass is 376 g/mol. The molecule has 4 rings (SSSR count). The van der Waals surface area contributed by atoms with E-state index in [1.54, 1.807) is 12.1 Å². The molecule has 3 aromatic rings. The zero-order valence-corrected chi connectivity index (χ0v) is 13.8. The van der Waals surface area contributed by atoms with Crippen molar-refractivity contribution < 1.29 is 26.9 Å². The van der Waals surface area contributed by atoms with Gasteiger partial charge < -0.3 is 9.42 Å². The molecule has 0 aliphatic carbocycles. The van der Waals surface area contributed by atoms with Gasteiger partial charge in [0.2, 0.25) is 0 Å². The van der Waals surface area contributed by atoms with Crippen molar-refractivity contribution in [3.63, 3.8) is 0 Å². The Morgan fingerprint density at radius 1 is 1.00 bits per heavy atom. The van der Waals surface area contributed by atoms with E-state index in [4.69, 9.17) is 4.52 Å². The number of hydrogen-bond acceptors (Lipinski definition) is 3. The largest absolute Gasteiger partial charge is 0.356 e. The first-order valence-corrected chi connectivity index (χ1v) is 8.12. The van der Waals surface area contributed by atoms with E-state index >= 15 is 0 Å². The van der Waals surface area contributed by atoms with E-state index in [1.807, 2.05) is 0 Å². The Kier molecular flexibility index (Phi) is 4.18. The van der Waals surface area contributed by atoms with Crippen LogP contribution < -0.4 is 0 Å². The molecule has 8 heteroatoms. The molecule has 138 valence electrons. The number of halogens is 4. The minimum absolute atomic E-state index is 0.0390. The van der Waals surface area contributed by atoms with Crippen molar-refractivity contribution in [2.45, 2.75) is 13.0 Å². The molecule has 0 spiro atoms. The van der Waals surface area contributed by atoms with E-state index in [2.05, 4.69) is 5.16 Å². The maximum absolute atomic E-state index is 13.9. The first-order chi connectivity index (χ1) is 13.0. The predicted octanol–water partition coefficient (Wildman–Crippen LogP) is 4.10. The quantitative estimate of drug-likeness (QED) is 0.500. The lowest BCUT2D eigenvalue weighted by Crippen LogP contribution is -2.36. The Bertz CT molecular complexity index is 1030. The fourth-order valence-electron chi connectivity index (χ4n) is 3.09. The molecule has 0 fully saturated rings. The van der Waals surface area contributed by atoms with Crippen LogP contribution in [0.15, 0.2) is 40.9 Å². The van der Waals surface area contributed by atoms with Gasteiger partial charge in [-0.1, -0.05) is 5.16 Å². The van der Waals surface area contributed by atoms with Gasteiger partial charge in [0.15, 0.2) is 23.2 Å². The number of carbonyl (C=O) groups excluding carboxylic acids is 1. The van der Waals surface area contributed by atoms with Crippen LogP contribution in [0.1, 0.15) is 21.6 Å². The smallest absolute Gasteiger partial charge is 0.257 e. The standard InChI is InChI=1S/C19H12F4N2O2/c20-11-3-1-10(2-4-11)18-12-7-8-25(9-15(12)24-27-18)19(26)13-5-6-14(21)17(23)16(13)22/h1-6H,7-9H2. The Labute approximate surface area is 151 Å². The second-order valence-electron chi connectivity index (χ2n) is 6.14. The number of amides is 1. The van der Waals surface area contributed by atoms with Crippen molar-refractivity contribution >= 4 is 5.91 Å². The minimum Gasteiger partial charge on any atom is -0.356 e. The van der Waals surface area contributed by atoms with E-state index in [-0.39, 0.29) is 18.9 Å². The van der Waals surface area contributed by atoms with Gasteiger partial charge in [-0.2, -0.15) is 0 Å². The van der Waals surface area contributed by atoms with E-state index in [0.29, 0.717) is 29.5 Å². The molecule has 1 aromatic heterocycles. The summed E-state index contributed by atoms with van der Waals surface area (Å²) < 4.78 is 58.8. The van der Waals surface area contributed by atoms with Crippen molar-refractivity contribution in [3.8, 4) is 11.3 Å². The molecule has 0 unspecified atom stereocenters. The van der Waals surface area contributed by atoms with Gasteiger partial charge in [-0.05, 0) is 42.8 Å². The van der Waals surface area contributed by atoms with Crippen molar-refractivity contribution in [1.29, 1.82) is 0 Å². The summed E-state index contributed by atoms with van der Waals surface area (Å²) in [6.07, 6.45) is 0.378. The Morgan fingerprint density at radius 3 is 2.48 bits per heavy atom. The summed E-state index contributed by atoms with van der Waals surface area (Å²) in [5.41, 5.74) is 1.37. The summed E-state index contributed by atoms with van der Waals surface area (Å²) in [6, 6.07) is 7.35. The number of fused-ring (bicyclic) bond motifs is 1. The molecule has 0 saturated heterocycles. The third-order valence-corrected chi connectivity index (χ3v) is 4.50. The molecule has 4 nitrogen and oxygen atoms in total. The minimum atomic E-state index is -1.68. The highest BCUT2D eigenvalue weighted by Crippen LogP contribution is 2.31. The second-order valence-corrected chi connectivity index (χ2v) is 6.14. The van der Waals surface area contributed by atoms with E-state index in [9.17, 15) is 22.4 Å². The molecule has 0 atom stereocenters. The number of rotatable bonds is 2. The van der Waals surface area contributed by atoms with Gasteiger partial charge >= 0.3 is 0 Å². The van der Waals surface area contributed by atoms with Crippen LogP contribution in [0.5, 0.6) is 0 Å². The lowest BCUT2D eigenvalue weighted by atomic mass is 10.00. The second kappa shape index (κ2) is 6.53. The Balaban J connectivity index is 1.60. The van der Waals surface area contributed by atoms with Crippen molar-refractivity contribution in [1.82, 2.24) is 10.1 Å². The van der Waals surface area contributed by atoms with Crippen molar-refractivity contribution in [2.24, 2.45) is 0 Å². The van der Waals surface area contributed by atoms with Crippen LogP contribution >= 0.6 is 0 Å². The van der Waals surface area contributed by atoms with Crippen LogP contribution in [-0.2, 0) is 13.0 Å². The van der Waals surface area contributed by atoms with Gasteiger partial charge in [0.1, 0.15) is 11.5 Å². The first-order valence-electron chi connectivity index (χ1n) is 8.12. The molecular weight excluding hydrogens is 364 g/mol. The van der Waals surface area contributed by atoms with Crippen LogP contribution in [0, 0.1) is 23.3 Å². The van der Waals surface area contributed by atoms with Crippen molar-refractivity contribution in [3.05, 3.63) is 76.5 Å². The van der Waals surface area contributed by atoms with Crippen molar-refractivity contribution in [2.75, 3.05) is 6.54 Å². The van der Waals surface area contributed by atoms with Gasteiger partial charge in [0, 0.05) is 17.7 Å². The van der Waals surface area contributed by atoms with Crippen LogP contribution in [0.4, 0.5) is 17.6 Å². The molecule has 1 aliphatic heterocycles. The van der Waals surface area contributed by atoms with Gasteiger partial charge in [-0.15, -0.1) is 0 Å². The molecule has 2 aromatic carbocycles. The van der Waals surface area contributed by atoms with E-state index in [0.717, 1.165) is 11.6 Å². The number of nitrogens with zero attached hydrogens (tertiary/aromatic N) is 2. The molecule has 27 heavy (non-hydrogen) atoms. The summed E-state index contributed by atoms with van der Waals surface area (Å²) in [5, 5.41) is 3.95. The molecule has 0 saturated carbocycles. The zero-order chi connectivity index (χ0) is 19.1. The van der Waals surface area contributed by atoms with Gasteiger partial charge in [-0.3, -0.25) is 4.79 Å². The van der Waals surface area contributed by atoms with Crippen LogP contribution in [-0.4, -0.2) is 22.5 Å². The number of carbonyl (C=O) groups is 1. The summed E-state index contributed by atoms with van der Waals surface area (Å²) in [5.74, 6) is -5.21.